The number of rotatable bonds is 1. The van der Waals surface area contributed by atoms with Crippen molar-refractivity contribution >= 4 is 66.7 Å². The Bertz CT molecular complexity index is 3490. The molecule has 0 saturated heterocycles. The Morgan fingerprint density at radius 1 is 0.429 bits per heavy atom. The van der Waals surface area contributed by atoms with Gasteiger partial charge in [-0.2, -0.15) is 0 Å². The van der Waals surface area contributed by atoms with Gasteiger partial charge in [0.2, 0.25) is 6.71 Å². The monoisotopic (exact) mass is 818 g/mol. The molecule has 0 fully saturated rings. The van der Waals surface area contributed by atoms with E-state index in [4.69, 9.17) is 0 Å². The van der Waals surface area contributed by atoms with Crippen molar-refractivity contribution in [1.82, 2.24) is 9.13 Å². The molecule has 0 unspecified atom stereocenters. The topological polar surface area (TPSA) is 9.86 Å². The van der Waals surface area contributed by atoms with Crippen LogP contribution < -0.4 is 16.4 Å². The van der Waals surface area contributed by atoms with Gasteiger partial charge in [-0.1, -0.05) is 174 Å². The van der Waals surface area contributed by atoms with Gasteiger partial charge in [0.15, 0.2) is 0 Å². The first-order chi connectivity index (χ1) is 29.7. The van der Waals surface area contributed by atoms with Crippen LogP contribution in [0.25, 0.3) is 66.1 Å². The Kier molecular flexibility index (Phi) is 7.43. The Morgan fingerprint density at radius 2 is 1.06 bits per heavy atom. The first-order valence-corrected chi connectivity index (χ1v) is 23.3. The molecule has 0 saturated carbocycles. The molecule has 0 amide bonds. The van der Waals surface area contributed by atoms with Crippen LogP contribution in [0.3, 0.4) is 0 Å². The lowest BCUT2D eigenvalue weighted by molar-refractivity contribution is 0.590. The second-order valence-electron chi connectivity index (χ2n) is 23.5. The van der Waals surface area contributed by atoms with Gasteiger partial charge < -0.3 is 9.13 Å². The summed E-state index contributed by atoms with van der Waals surface area (Å²) < 4.78 is 5.25. The number of nitrogens with zero attached hydrogens (tertiary/aromatic N) is 2. The minimum Gasteiger partial charge on any atom is -0.310 e. The van der Waals surface area contributed by atoms with E-state index < -0.39 is 0 Å². The van der Waals surface area contributed by atoms with Crippen LogP contribution in [0.15, 0.2) is 121 Å². The molecule has 2 aliphatic heterocycles. The molecule has 0 radical (unpaired) electrons. The highest BCUT2D eigenvalue weighted by Gasteiger charge is 2.46. The van der Waals surface area contributed by atoms with E-state index in [0.29, 0.717) is 0 Å². The van der Waals surface area contributed by atoms with Crippen molar-refractivity contribution < 1.29 is 0 Å². The molecule has 0 atom stereocenters. The minimum atomic E-state index is -0.250. The molecule has 3 heteroatoms. The van der Waals surface area contributed by atoms with Crippen molar-refractivity contribution in [3.8, 4) is 22.5 Å². The van der Waals surface area contributed by atoms with Crippen molar-refractivity contribution in [1.29, 1.82) is 0 Å². The van der Waals surface area contributed by atoms with Gasteiger partial charge in [0.25, 0.3) is 0 Å². The zero-order valence-corrected chi connectivity index (χ0v) is 39.5. The minimum absolute atomic E-state index is 0.0261. The van der Waals surface area contributed by atoms with Gasteiger partial charge in [-0.05, 0) is 114 Å². The van der Waals surface area contributed by atoms with Crippen molar-refractivity contribution in [2.24, 2.45) is 0 Å². The van der Waals surface area contributed by atoms with E-state index in [0.717, 1.165) is 0 Å². The van der Waals surface area contributed by atoms with Gasteiger partial charge in [0.05, 0.1) is 16.6 Å². The first-order valence-electron chi connectivity index (χ1n) is 23.3. The molecule has 2 aromatic heterocycles. The molecule has 9 aromatic rings. The van der Waals surface area contributed by atoms with E-state index in [9.17, 15) is 0 Å². The van der Waals surface area contributed by atoms with Gasteiger partial charge >= 0.3 is 0 Å². The summed E-state index contributed by atoms with van der Waals surface area (Å²) in [4.78, 5) is 0. The molecule has 7 aromatic carbocycles. The fourth-order valence-electron chi connectivity index (χ4n) is 12.3. The highest BCUT2D eigenvalue weighted by molar-refractivity contribution is 6.99. The number of aromatic nitrogens is 2. The second kappa shape index (κ2) is 12.1. The van der Waals surface area contributed by atoms with Gasteiger partial charge in [0.1, 0.15) is 0 Å². The average Bonchev–Trinajstić information content (AvgIpc) is 3.82. The summed E-state index contributed by atoms with van der Waals surface area (Å²) in [6, 6.07) is 48.3. The van der Waals surface area contributed by atoms with Crippen molar-refractivity contribution in [2.75, 3.05) is 0 Å². The third-order valence-corrected chi connectivity index (χ3v) is 15.8. The zero-order chi connectivity index (χ0) is 44.1. The Morgan fingerprint density at radius 3 is 1.78 bits per heavy atom. The number of benzene rings is 7. The highest BCUT2D eigenvalue weighted by atomic mass is 15.0. The lowest BCUT2D eigenvalue weighted by Gasteiger charge is -2.42. The summed E-state index contributed by atoms with van der Waals surface area (Å²) in [5.41, 5.74) is 24.4. The van der Waals surface area contributed by atoms with E-state index in [1.54, 1.807) is 0 Å². The third-order valence-electron chi connectivity index (χ3n) is 15.8. The largest absolute Gasteiger partial charge is 0.310 e. The van der Waals surface area contributed by atoms with Crippen LogP contribution >= 0.6 is 0 Å². The summed E-state index contributed by atoms with van der Waals surface area (Å²) in [6.45, 7) is 30.9. The molecule has 63 heavy (non-hydrogen) atoms. The molecule has 0 bridgehead atoms. The van der Waals surface area contributed by atoms with Gasteiger partial charge in [-0.3, -0.25) is 0 Å². The van der Waals surface area contributed by atoms with E-state index >= 15 is 0 Å². The van der Waals surface area contributed by atoms with Gasteiger partial charge in [-0.25, -0.2) is 0 Å². The maximum absolute atomic E-state index is 2.64. The van der Waals surface area contributed by atoms with Crippen LogP contribution in [-0.4, -0.2) is 15.8 Å². The van der Waals surface area contributed by atoms with Gasteiger partial charge in [0, 0.05) is 54.8 Å². The second-order valence-corrected chi connectivity index (χ2v) is 23.5. The SMILES string of the molecule is CC(C)(C)c1ccc(-n2c3cc4c(cc3c3ccc5c(c32)-c2ccccc2C5(C)C)B2c3c(cccc3C4(C)C)-n3c4ccc(C(C)(C)C)cc4c4cc(C(C)(C)C)cc2c43)cc1. The van der Waals surface area contributed by atoms with Crippen molar-refractivity contribution in [3.63, 3.8) is 0 Å². The van der Waals surface area contributed by atoms with E-state index in [1.807, 2.05) is 0 Å². The number of fused-ring (bicyclic) bond motifs is 14. The number of hydrogen-bond donors (Lipinski definition) is 0. The fraction of sp³-hybridized carbons (Fsp3) is 0.300. The maximum atomic E-state index is 2.64. The number of hydrogen-bond acceptors (Lipinski definition) is 0. The van der Waals surface area contributed by atoms with Crippen LogP contribution in [0.1, 0.15) is 129 Å². The molecular weight excluding hydrogens is 759 g/mol. The normalized spacial score (nSPS) is 15.9. The Hall–Kier alpha value is -5.80. The molecule has 12 rings (SSSR count). The van der Waals surface area contributed by atoms with Crippen LogP contribution in [0, 0.1) is 0 Å². The predicted octanol–water partition coefficient (Wildman–Crippen LogP) is 13.5. The fourth-order valence-corrected chi connectivity index (χ4v) is 12.3. The molecular formula is C60H59BN2. The molecule has 1 aliphatic carbocycles. The summed E-state index contributed by atoms with van der Waals surface area (Å²) in [5.74, 6) is 0. The van der Waals surface area contributed by atoms with Crippen LogP contribution in [0.4, 0.5) is 0 Å². The van der Waals surface area contributed by atoms with Crippen molar-refractivity contribution in [2.45, 2.75) is 117 Å². The molecule has 2 nitrogen and oxygen atoms in total. The quantitative estimate of drug-likeness (QED) is 0.146. The maximum Gasteiger partial charge on any atom is 0.247 e. The van der Waals surface area contributed by atoms with Crippen LogP contribution in [0.5, 0.6) is 0 Å². The molecule has 3 aliphatic rings. The lowest BCUT2D eigenvalue weighted by Crippen LogP contribution is -2.63. The third kappa shape index (κ3) is 5.03. The lowest BCUT2D eigenvalue weighted by atomic mass is 9.30. The van der Waals surface area contributed by atoms with E-state index in [-0.39, 0.29) is 33.8 Å². The van der Waals surface area contributed by atoms with Crippen LogP contribution in [0.2, 0.25) is 0 Å². The van der Waals surface area contributed by atoms with E-state index in [2.05, 4.69) is 220 Å². The predicted molar refractivity (Wildman–Crippen MR) is 272 cm³/mol. The standard InChI is InChI=1S/C60H59BN2/c1-56(2,3)34-21-24-37(25-22-34)62-51-33-46-47(32-41(51)38-26-27-44-52(55(38)62)39-17-14-15-18-43(39)59(44,10)11)61-48-31-36(58(7,8)9)30-42-40-29-35(57(4,5)6)23-28-49(40)63(54(42)48)50-20-16-19-45(53(50)61)60(46,12)13/h14-33H,1-13H3. The first kappa shape index (κ1) is 38.8. The molecule has 312 valence electrons. The summed E-state index contributed by atoms with van der Waals surface area (Å²) in [5, 5.41) is 5.38. The summed E-state index contributed by atoms with van der Waals surface area (Å²) in [7, 11) is 0. The molecule has 4 heterocycles. The van der Waals surface area contributed by atoms with Crippen molar-refractivity contribution in [3.05, 3.63) is 160 Å². The summed E-state index contributed by atoms with van der Waals surface area (Å²) in [6.07, 6.45) is 0. The average molecular weight is 819 g/mol. The highest BCUT2D eigenvalue weighted by Crippen LogP contribution is 2.53. The Labute approximate surface area is 374 Å². The Balaban J connectivity index is 1.23. The van der Waals surface area contributed by atoms with Gasteiger partial charge in [-0.15, -0.1) is 0 Å². The zero-order valence-electron chi connectivity index (χ0n) is 39.5. The summed E-state index contributed by atoms with van der Waals surface area (Å²) >= 11 is 0. The molecule has 0 spiro atoms. The smallest absolute Gasteiger partial charge is 0.247 e. The molecule has 0 N–H and O–H groups in total. The van der Waals surface area contributed by atoms with Crippen LogP contribution in [-0.2, 0) is 27.1 Å². The van der Waals surface area contributed by atoms with E-state index in [1.165, 1.54) is 121 Å².